The summed E-state index contributed by atoms with van der Waals surface area (Å²) in [6, 6.07) is 10.1. The molecular weight excluding hydrogens is 149 g/mol. The van der Waals surface area contributed by atoms with Crippen LogP contribution in [0.4, 0.5) is 0 Å². The molecule has 0 aliphatic rings. The van der Waals surface area contributed by atoms with Gasteiger partial charge in [-0.05, 0) is 4.90 Å². The van der Waals surface area contributed by atoms with E-state index in [0.29, 0.717) is 0 Å². The molecule has 0 saturated heterocycles. The zero-order valence-corrected chi connectivity index (χ0v) is 7.77. The molecule has 0 saturated carbocycles. The minimum Gasteiger partial charge on any atom is -0.295 e. The van der Waals surface area contributed by atoms with Gasteiger partial charge in [-0.2, -0.15) is 0 Å². The molecule has 3 heteroatoms. The van der Waals surface area contributed by atoms with E-state index in [1.807, 2.05) is 30.3 Å². The monoisotopic (exact) mass is 159 g/mol. The normalized spacial score (nSPS) is 12.2. The molecule has 0 spiro atoms. The predicted octanol–water partition coefficient (Wildman–Crippen LogP) is -0.727. The summed E-state index contributed by atoms with van der Waals surface area (Å²) in [7, 11) is 1.63. The number of hydrogen-bond acceptors (Lipinski definition) is 1. The molecule has 0 amide bonds. The van der Waals surface area contributed by atoms with Gasteiger partial charge in [0.05, 0.1) is 0 Å². The Morgan fingerprint density at radius 1 is 1.27 bits per heavy atom. The summed E-state index contributed by atoms with van der Waals surface area (Å²) in [6.07, 6.45) is 3.89. The van der Waals surface area contributed by atoms with Crippen LogP contribution in [0.1, 0.15) is 0 Å². The first-order valence-corrected chi connectivity index (χ1v) is 4.38. The van der Waals surface area contributed by atoms with Gasteiger partial charge in [-0.1, -0.05) is 30.3 Å². The topological polar surface area (TPSA) is 12.4 Å². The molecule has 1 nitrogen and oxygen atoms in total. The molecule has 0 aliphatic carbocycles. The molecule has 54 valence electrons. The Bertz CT molecular complexity index is 233. The average molecular weight is 159 g/mol. The molecule has 11 heavy (non-hydrogen) atoms. The molecule has 1 unspecified atom stereocenters. The zero-order chi connectivity index (χ0) is 7.40. The van der Waals surface area contributed by atoms with Gasteiger partial charge in [0.2, 0.25) is 0 Å². The van der Waals surface area contributed by atoms with Gasteiger partial charge in [-0.15, -0.1) is 0 Å². The van der Waals surface area contributed by atoms with E-state index in [-0.39, 0.29) is 29.6 Å². The van der Waals surface area contributed by atoms with E-state index in [0.717, 1.165) is 0 Å². The van der Waals surface area contributed by atoms with E-state index in [1.54, 1.807) is 7.05 Å². The SMILES string of the molecule is [CH2-]S(=NC)c1ccccc1.[Li+]. The van der Waals surface area contributed by atoms with Crippen molar-refractivity contribution in [2.45, 2.75) is 4.90 Å². The van der Waals surface area contributed by atoms with E-state index in [4.69, 9.17) is 0 Å². The van der Waals surface area contributed by atoms with Gasteiger partial charge in [0.1, 0.15) is 0 Å². The van der Waals surface area contributed by atoms with Crippen molar-refractivity contribution in [3.63, 3.8) is 0 Å². The third kappa shape index (κ3) is 3.24. The second-order valence-electron chi connectivity index (χ2n) is 1.86. The average Bonchev–Trinajstić information content (AvgIpc) is 2.05. The molecule has 0 radical (unpaired) electrons. The third-order valence-electron chi connectivity index (χ3n) is 1.24. The predicted molar refractivity (Wildman–Crippen MR) is 45.8 cm³/mol. The van der Waals surface area contributed by atoms with Gasteiger partial charge in [-0.25, -0.2) is 10.7 Å². The Kier molecular flexibility index (Phi) is 5.58. The summed E-state index contributed by atoms with van der Waals surface area (Å²) in [6.45, 7) is 0. The van der Waals surface area contributed by atoms with E-state index in [2.05, 4.69) is 10.6 Å². The Morgan fingerprint density at radius 3 is 2.27 bits per heavy atom. The summed E-state index contributed by atoms with van der Waals surface area (Å²) in [5.41, 5.74) is 0. The van der Waals surface area contributed by atoms with Crippen LogP contribution >= 0.6 is 0 Å². The molecule has 1 atom stereocenters. The summed E-state index contributed by atoms with van der Waals surface area (Å²) in [4.78, 5) is 1.20. The van der Waals surface area contributed by atoms with Crippen molar-refractivity contribution >= 4 is 10.7 Å². The number of rotatable bonds is 1. The minimum absolute atomic E-state index is 0. The molecule has 1 aromatic rings. The van der Waals surface area contributed by atoms with Crippen LogP contribution in [-0.2, 0) is 10.7 Å². The minimum atomic E-state index is -0.165. The maximum absolute atomic E-state index is 4.08. The molecule has 0 N–H and O–H groups in total. The first kappa shape index (κ1) is 11.0. The summed E-state index contributed by atoms with van der Waals surface area (Å²) in [5.74, 6) is 0. The maximum atomic E-state index is 4.08. The van der Waals surface area contributed by atoms with Crippen molar-refractivity contribution in [3.8, 4) is 0 Å². The number of benzene rings is 1. The molecule has 0 aromatic heterocycles. The molecule has 0 heterocycles. The zero-order valence-electron chi connectivity index (χ0n) is 6.95. The first-order valence-electron chi connectivity index (χ1n) is 3.03. The summed E-state index contributed by atoms with van der Waals surface area (Å²) in [5, 5.41) is 0. The van der Waals surface area contributed by atoms with Crippen molar-refractivity contribution in [3.05, 3.63) is 36.6 Å². The smallest absolute Gasteiger partial charge is 0.295 e. The second-order valence-corrected chi connectivity index (χ2v) is 3.43. The largest absolute Gasteiger partial charge is 1.00 e. The van der Waals surface area contributed by atoms with Crippen LogP contribution < -0.4 is 18.9 Å². The van der Waals surface area contributed by atoms with Gasteiger partial charge >= 0.3 is 18.9 Å². The van der Waals surface area contributed by atoms with Gasteiger partial charge in [-0.3, -0.25) is 10.6 Å². The van der Waals surface area contributed by atoms with E-state index in [1.165, 1.54) is 4.90 Å². The molecule has 0 bridgehead atoms. The van der Waals surface area contributed by atoms with Crippen molar-refractivity contribution in [1.82, 2.24) is 0 Å². The Hall–Kier alpha value is -0.0326. The van der Waals surface area contributed by atoms with Crippen molar-refractivity contribution < 1.29 is 18.9 Å². The fourth-order valence-corrected chi connectivity index (χ4v) is 1.37. The second kappa shape index (κ2) is 5.60. The molecule has 1 aromatic carbocycles. The van der Waals surface area contributed by atoms with Crippen LogP contribution in [0.3, 0.4) is 0 Å². The van der Waals surface area contributed by atoms with Crippen molar-refractivity contribution in [1.29, 1.82) is 0 Å². The third-order valence-corrected chi connectivity index (χ3v) is 2.49. The fraction of sp³-hybridized carbons (Fsp3) is 0.125. The van der Waals surface area contributed by atoms with Gasteiger partial charge in [0, 0.05) is 7.05 Å². The van der Waals surface area contributed by atoms with Crippen LogP contribution in [-0.4, -0.2) is 7.05 Å². The standard InChI is InChI=1S/C8H10NS.Li/c1-9-10(2)8-6-4-3-5-7-8;/h3-7H,2H2,1H3;/q-1;+1. The van der Waals surface area contributed by atoms with Gasteiger partial charge in [0.15, 0.2) is 0 Å². The van der Waals surface area contributed by atoms with E-state index >= 15 is 0 Å². The van der Waals surface area contributed by atoms with E-state index in [9.17, 15) is 0 Å². The molecule has 0 aliphatic heterocycles. The van der Waals surface area contributed by atoms with Crippen molar-refractivity contribution in [2.75, 3.05) is 7.05 Å². The molecular formula is C8H10LiNS. The van der Waals surface area contributed by atoms with Gasteiger partial charge in [0.25, 0.3) is 0 Å². The summed E-state index contributed by atoms with van der Waals surface area (Å²) < 4.78 is 4.08. The summed E-state index contributed by atoms with van der Waals surface area (Å²) >= 11 is 0. The Morgan fingerprint density at radius 2 is 1.82 bits per heavy atom. The fourth-order valence-electron chi connectivity index (χ4n) is 0.683. The number of hydrogen-bond donors (Lipinski definition) is 0. The molecule has 1 rings (SSSR count). The van der Waals surface area contributed by atoms with Gasteiger partial charge < -0.3 is 0 Å². The molecule has 0 fully saturated rings. The van der Waals surface area contributed by atoms with Crippen molar-refractivity contribution in [2.24, 2.45) is 4.36 Å². The number of nitrogens with zero attached hydrogens (tertiary/aromatic N) is 1. The first-order chi connectivity index (χ1) is 4.84. The van der Waals surface area contributed by atoms with Crippen LogP contribution in [0.2, 0.25) is 0 Å². The Labute approximate surface area is 82.5 Å². The van der Waals surface area contributed by atoms with Crippen LogP contribution in [0.25, 0.3) is 0 Å². The van der Waals surface area contributed by atoms with Crippen LogP contribution in [0.15, 0.2) is 39.6 Å². The van der Waals surface area contributed by atoms with Crippen LogP contribution in [0.5, 0.6) is 0 Å². The van der Waals surface area contributed by atoms with E-state index < -0.39 is 0 Å². The maximum Gasteiger partial charge on any atom is 1.00 e. The quantitative estimate of drug-likeness (QED) is 0.378. The Balaban J connectivity index is 0.000001000. The van der Waals surface area contributed by atoms with Crippen LogP contribution in [0, 0.1) is 6.26 Å².